The number of hydrogen-bond donors (Lipinski definition) is 7. The number of aliphatic hydroxyl groups is 2. The molecule has 1 aromatic rings. The van der Waals surface area contributed by atoms with Crippen LogP contribution in [-0.4, -0.2) is 68.7 Å². The SMILES string of the molecule is CC(O)C(NC(=O)NCc1nc(C(N)CO)no1)C(=O)O.CCCCCCCCNC(=O)CC. The van der Waals surface area contributed by atoms with Gasteiger partial charge in [0, 0.05) is 13.0 Å². The van der Waals surface area contributed by atoms with Crippen LogP contribution in [0.5, 0.6) is 0 Å². The van der Waals surface area contributed by atoms with E-state index < -0.39 is 30.2 Å². The normalized spacial score (nSPS) is 13.1. The van der Waals surface area contributed by atoms with Gasteiger partial charge in [-0.15, -0.1) is 0 Å². The monoisotopic (exact) mass is 488 g/mol. The Hall–Kier alpha value is -2.77. The van der Waals surface area contributed by atoms with Gasteiger partial charge in [0.05, 0.1) is 25.3 Å². The molecular weight excluding hydrogens is 448 g/mol. The minimum atomic E-state index is -1.44. The van der Waals surface area contributed by atoms with Crippen LogP contribution in [0, 0.1) is 0 Å². The molecule has 0 aliphatic carbocycles. The zero-order valence-electron chi connectivity index (χ0n) is 20.2. The summed E-state index contributed by atoms with van der Waals surface area (Å²) in [5.41, 5.74) is 5.47. The molecule has 1 heterocycles. The first kappa shape index (κ1) is 31.2. The van der Waals surface area contributed by atoms with Crippen molar-refractivity contribution in [3.05, 3.63) is 11.7 Å². The fourth-order valence-corrected chi connectivity index (χ4v) is 2.57. The Bertz CT molecular complexity index is 714. The lowest BCUT2D eigenvalue weighted by atomic mass is 10.1. The van der Waals surface area contributed by atoms with Crippen molar-refractivity contribution in [3.8, 4) is 0 Å². The van der Waals surface area contributed by atoms with Crippen molar-refractivity contribution >= 4 is 17.9 Å². The summed E-state index contributed by atoms with van der Waals surface area (Å²) >= 11 is 0. The van der Waals surface area contributed by atoms with Crippen molar-refractivity contribution in [2.45, 2.75) is 90.4 Å². The van der Waals surface area contributed by atoms with Crippen LogP contribution in [0.2, 0.25) is 0 Å². The number of nitrogens with two attached hydrogens (primary N) is 1. The molecule has 0 saturated carbocycles. The molecule has 3 atom stereocenters. The lowest BCUT2D eigenvalue weighted by Crippen LogP contribution is -2.51. The predicted molar refractivity (Wildman–Crippen MR) is 123 cm³/mol. The summed E-state index contributed by atoms with van der Waals surface area (Å²) in [5.74, 6) is -1.07. The van der Waals surface area contributed by atoms with Gasteiger partial charge in [-0.3, -0.25) is 4.79 Å². The van der Waals surface area contributed by atoms with Crippen LogP contribution < -0.4 is 21.7 Å². The average Bonchev–Trinajstić information content (AvgIpc) is 3.29. The zero-order chi connectivity index (χ0) is 25.9. The maximum atomic E-state index is 11.5. The molecule has 1 rings (SSSR count). The number of carbonyl (C=O) groups excluding carboxylic acids is 2. The van der Waals surface area contributed by atoms with E-state index in [0.717, 1.165) is 13.0 Å². The number of hydrogen-bond acceptors (Lipinski definition) is 9. The minimum absolute atomic E-state index is 0.0352. The topological polar surface area (TPSA) is 213 Å². The molecule has 13 nitrogen and oxygen atoms in total. The van der Waals surface area contributed by atoms with Gasteiger partial charge in [0.2, 0.25) is 11.8 Å². The number of carboxylic acid groups (broad SMARTS) is 1. The van der Waals surface area contributed by atoms with E-state index in [1.807, 2.05) is 6.92 Å². The molecule has 0 spiro atoms. The van der Waals surface area contributed by atoms with E-state index in [4.69, 9.17) is 20.5 Å². The summed E-state index contributed by atoms with van der Waals surface area (Å²) in [6, 6.07) is -3.05. The van der Waals surface area contributed by atoms with Gasteiger partial charge in [-0.05, 0) is 13.3 Å². The minimum Gasteiger partial charge on any atom is -0.480 e. The number of urea groups is 1. The Balaban J connectivity index is 0.000000722. The van der Waals surface area contributed by atoms with Crippen LogP contribution in [0.4, 0.5) is 4.79 Å². The zero-order valence-corrected chi connectivity index (χ0v) is 20.2. The molecule has 0 aliphatic rings. The Labute approximate surface area is 199 Å². The number of aliphatic carboxylic acids is 1. The summed E-state index contributed by atoms with van der Waals surface area (Å²) in [4.78, 5) is 36.9. The number of rotatable bonds is 15. The third-order valence-electron chi connectivity index (χ3n) is 4.62. The summed E-state index contributed by atoms with van der Waals surface area (Å²) < 4.78 is 4.78. The maximum absolute atomic E-state index is 11.5. The van der Waals surface area contributed by atoms with Crippen LogP contribution in [-0.2, 0) is 16.1 Å². The molecule has 3 unspecified atom stereocenters. The highest BCUT2D eigenvalue weighted by molar-refractivity contribution is 5.82. The van der Waals surface area contributed by atoms with Gasteiger partial charge in [0.1, 0.15) is 0 Å². The third-order valence-corrected chi connectivity index (χ3v) is 4.62. The molecule has 0 aromatic carbocycles. The van der Waals surface area contributed by atoms with Crippen LogP contribution in [0.1, 0.15) is 83.5 Å². The molecule has 8 N–H and O–H groups in total. The highest BCUT2D eigenvalue weighted by atomic mass is 16.5. The third kappa shape index (κ3) is 14.4. The first-order valence-electron chi connectivity index (χ1n) is 11.6. The predicted octanol–water partition coefficient (Wildman–Crippen LogP) is 0.568. The van der Waals surface area contributed by atoms with E-state index in [9.17, 15) is 19.5 Å². The first-order valence-corrected chi connectivity index (χ1v) is 11.6. The summed E-state index contributed by atoms with van der Waals surface area (Å²) in [6.07, 6.45) is 7.04. The first-order chi connectivity index (χ1) is 16.2. The number of nitrogens with one attached hydrogen (secondary N) is 3. The largest absolute Gasteiger partial charge is 0.480 e. The fraction of sp³-hybridized carbons (Fsp3) is 0.762. The molecule has 0 fully saturated rings. The highest BCUT2D eigenvalue weighted by Gasteiger charge is 2.25. The summed E-state index contributed by atoms with van der Waals surface area (Å²) in [5, 5.41) is 37.6. The van der Waals surface area contributed by atoms with E-state index in [1.54, 1.807) is 0 Å². The van der Waals surface area contributed by atoms with E-state index >= 15 is 0 Å². The Morgan fingerprint density at radius 2 is 1.74 bits per heavy atom. The molecule has 1 aromatic heterocycles. The molecule has 196 valence electrons. The van der Waals surface area contributed by atoms with Crippen molar-refractivity contribution in [1.29, 1.82) is 0 Å². The summed E-state index contributed by atoms with van der Waals surface area (Å²) in [6.45, 7) is 5.68. The van der Waals surface area contributed by atoms with Gasteiger partial charge in [0.25, 0.3) is 0 Å². The standard InChI is InChI=1S/C11H23NO.C10H17N5O6/c1-3-5-6-7-8-9-10-12-11(13)4-2;1-4(17)7(9(18)19)14-10(20)12-2-6-13-8(15-21-6)5(11)3-16/h3-10H2,1-2H3,(H,12,13);4-5,7,16-17H,2-3,11H2,1H3,(H,18,19)(H2,12,14,20). The maximum Gasteiger partial charge on any atom is 0.328 e. The number of aromatic nitrogens is 2. The average molecular weight is 489 g/mol. The van der Waals surface area contributed by atoms with Gasteiger partial charge in [-0.1, -0.05) is 51.1 Å². The number of carbonyl (C=O) groups is 3. The number of amides is 3. The quantitative estimate of drug-likeness (QED) is 0.170. The second-order valence-electron chi connectivity index (χ2n) is 7.69. The van der Waals surface area contributed by atoms with Crippen LogP contribution in [0.15, 0.2) is 4.52 Å². The van der Waals surface area contributed by atoms with Crippen molar-refractivity contribution in [1.82, 2.24) is 26.1 Å². The Morgan fingerprint density at radius 3 is 2.29 bits per heavy atom. The van der Waals surface area contributed by atoms with Gasteiger partial charge >= 0.3 is 12.0 Å². The van der Waals surface area contributed by atoms with Crippen molar-refractivity contribution in [3.63, 3.8) is 0 Å². The molecule has 3 amide bonds. The van der Waals surface area contributed by atoms with E-state index in [0.29, 0.717) is 6.42 Å². The van der Waals surface area contributed by atoms with E-state index in [-0.39, 0.29) is 30.8 Å². The summed E-state index contributed by atoms with van der Waals surface area (Å²) in [7, 11) is 0. The van der Waals surface area contributed by atoms with Crippen LogP contribution >= 0.6 is 0 Å². The highest BCUT2D eigenvalue weighted by Crippen LogP contribution is 2.05. The molecule has 0 aliphatic heterocycles. The molecule has 0 radical (unpaired) electrons. The number of nitrogens with zero attached hydrogens (tertiary/aromatic N) is 2. The van der Waals surface area contributed by atoms with Crippen molar-refractivity contribution < 1.29 is 34.2 Å². The molecule has 13 heteroatoms. The van der Waals surface area contributed by atoms with Crippen molar-refractivity contribution in [2.75, 3.05) is 13.2 Å². The van der Waals surface area contributed by atoms with Crippen molar-refractivity contribution in [2.24, 2.45) is 5.73 Å². The lowest BCUT2D eigenvalue weighted by molar-refractivity contribution is -0.141. The van der Waals surface area contributed by atoms with Crippen LogP contribution in [0.25, 0.3) is 0 Å². The Kier molecular flexibility index (Phi) is 17.1. The number of carboxylic acids is 1. The van der Waals surface area contributed by atoms with Gasteiger partial charge < -0.3 is 41.5 Å². The van der Waals surface area contributed by atoms with Gasteiger partial charge in [-0.2, -0.15) is 4.98 Å². The van der Waals surface area contributed by atoms with Gasteiger partial charge in [-0.25, -0.2) is 9.59 Å². The Morgan fingerprint density at radius 1 is 1.09 bits per heavy atom. The molecule has 0 bridgehead atoms. The second-order valence-corrected chi connectivity index (χ2v) is 7.69. The van der Waals surface area contributed by atoms with E-state index in [1.165, 1.54) is 39.0 Å². The smallest absolute Gasteiger partial charge is 0.328 e. The number of unbranched alkanes of at least 4 members (excludes halogenated alkanes) is 5. The molecular formula is C21H40N6O7. The van der Waals surface area contributed by atoms with E-state index in [2.05, 4.69) is 33.0 Å². The fourth-order valence-electron chi connectivity index (χ4n) is 2.57. The molecule has 0 saturated heterocycles. The lowest BCUT2D eigenvalue weighted by Gasteiger charge is -2.16. The second kappa shape index (κ2) is 18.6. The molecule has 34 heavy (non-hydrogen) atoms. The van der Waals surface area contributed by atoms with Gasteiger partial charge in [0.15, 0.2) is 11.9 Å². The van der Waals surface area contributed by atoms with Crippen LogP contribution in [0.3, 0.4) is 0 Å². The number of aliphatic hydroxyl groups excluding tert-OH is 2.